The first-order valence-electron chi connectivity index (χ1n) is 7.22. The van der Waals surface area contributed by atoms with Gasteiger partial charge >= 0.3 is 0 Å². The molecule has 2 heterocycles. The number of hydrazine groups is 1. The van der Waals surface area contributed by atoms with Crippen LogP contribution in [-0.4, -0.2) is 28.9 Å². The van der Waals surface area contributed by atoms with E-state index >= 15 is 0 Å². The number of rotatable bonds is 4. The van der Waals surface area contributed by atoms with Crippen LogP contribution in [0.1, 0.15) is 49.7 Å². The third-order valence-electron chi connectivity index (χ3n) is 3.74. The van der Waals surface area contributed by atoms with Gasteiger partial charge in [-0.3, -0.25) is 4.79 Å². The highest BCUT2D eigenvalue weighted by atomic mass is 16.2. The van der Waals surface area contributed by atoms with Gasteiger partial charge in [-0.1, -0.05) is 27.2 Å². The lowest BCUT2D eigenvalue weighted by atomic mass is 9.93. The molecule has 1 aliphatic rings. The van der Waals surface area contributed by atoms with Crippen LogP contribution < -0.4 is 11.3 Å². The van der Waals surface area contributed by atoms with Crippen LogP contribution in [0.25, 0.3) is 0 Å². The molecule has 1 fully saturated rings. The fourth-order valence-corrected chi connectivity index (χ4v) is 2.64. The van der Waals surface area contributed by atoms with Gasteiger partial charge in [0, 0.05) is 24.3 Å². The summed E-state index contributed by atoms with van der Waals surface area (Å²) in [6.45, 7) is 8.12. The maximum atomic E-state index is 12.6. The lowest BCUT2D eigenvalue weighted by Gasteiger charge is -2.20. The minimum absolute atomic E-state index is 0.0758. The molecule has 110 valence electrons. The molecule has 0 spiro atoms. The van der Waals surface area contributed by atoms with Crippen molar-refractivity contribution in [2.45, 2.75) is 40.0 Å². The Balaban J connectivity index is 2.23. The van der Waals surface area contributed by atoms with Gasteiger partial charge in [0.15, 0.2) is 0 Å². The number of hydrogen-bond acceptors (Lipinski definition) is 4. The summed E-state index contributed by atoms with van der Waals surface area (Å²) in [4.78, 5) is 18.9. The van der Waals surface area contributed by atoms with E-state index in [9.17, 15) is 4.79 Å². The molecule has 0 radical (unpaired) electrons. The summed E-state index contributed by atoms with van der Waals surface area (Å²) in [5.74, 6) is 6.07. The van der Waals surface area contributed by atoms with E-state index in [1.807, 2.05) is 11.0 Å². The third kappa shape index (κ3) is 3.28. The molecule has 1 amide bonds. The number of nitrogens with one attached hydrogen (secondary N) is 1. The Morgan fingerprint density at radius 3 is 2.80 bits per heavy atom. The zero-order valence-corrected chi connectivity index (χ0v) is 12.6. The zero-order valence-electron chi connectivity index (χ0n) is 12.6. The summed E-state index contributed by atoms with van der Waals surface area (Å²) in [5, 5.41) is 0. The van der Waals surface area contributed by atoms with Crippen molar-refractivity contribution in [2.24, 2.45) is 11.3 Å². The van der Waals surface area contributed by atoms with Gasteiger partial charge in [-0.25, -0.2) is 10.8 Å². The van der Waals surface area contributed by atoms with Gasteiger partial charge in [0.25, 0.3) is 5.91 Å². The summed E-state index contributed by atoms with van der Waals surface area (Å²) in [7, 11) is 0. The number of likely N-dealkylation sites (tertiary alicyclic amines) is 1. The number of hydrogen-bond donors (Lipinski definition) is 2. The Labute approximate surface area is 120 Å². The van der Waals surface area contributed by atoms with Crippen molar-refractivity contribution >= 4 is 11.7 Å². The maximum Gasteiger partial charge on any atom is 0.254 e. The molecule has 1 saturated heterocycles. The summed E-state index contributed by atoms with van der Waals surface area (Å²) in [6.07, 6.45) is 2.89. The van der Waals surface area contributed by atoms with E-state index in [1.54, 1.807) is 6.07 Å². The summed E-state index contributed by atoms with van der Waals surface area (Å²) in [6, 6.07) is 3.62. The zero-order chi connectivity index (χ0) is 14.8. The first kappa shape index (κ1) is 14.8. The summed E-state index contributed by atoms with van der Waals surface area (Å²) >= 11 is 0. The highest BCUT2D eigenvalue weighted by Gasteiger charge is 2.32. The molecular weight excluding hydrogens is 252 g/mol. The third-order valence-corrected chi connectivity index (χ3v) is 3.74. The fraction of sp³-hybridized carbons (Fsp3) is 0.600. The average Bonchev–Trinajstić information content (AvgIpc) is 2.78. The van der Waals surface area contributed by atoms with E-state index in [1.165, 1.54) is 0 Å². The van der Waals surface area contributed by atoms with E-state index in [0.717, 1.165) is 38.0 Å². The van der Waals surface area contributed by atoms with Crippen LogP contribution in [0.3, 0.4) is 0 Å². The number of carbonyl (C=O) groups is 1. The van der Waals surface area contributed by atoms with E-state index in [4.69, 9.17) is 5.84 Å². The van der Waals surface area contributed by atoms with Crippen molar-refractivity contribution in [2.75, 3.05) is 18.5 Å². The first-order chi connectivity index (χ1) is 9.45. The van der Waals surface area contributed by atoms with E-state index < -0.39 is 0 Å². The van der Waals surface area contributed by atoms with Crippen molar-refractivity contribution in [1.82, 2.24) is 9.88 Å². The van der Waals surface area contributed by atoms with E-state index in [0.29, 0.717) is 11.4 Å². The lowest BCUT2D eigenvalue weighted by molar-refractivity contribution is 0.0778. The van der Waals surface area contributed by atoms with Crippen molar-refractivity contribution in [3.63, 3.8) is 0 Å². The Morgan fingerprint density at radius 1 is 1.50 bits per heavy atom. The predicted octanol–water partition coefficient (Wildman–Crippen LogP) is 2.19. The number of nitrogens with zero attached hydrogens (tertiary/aromatic N) is 2. The molecule has 2 rings (SSSR count). The molecule has 5 nitrogen and oxygen atoms in total. The van der Waals surface area contributed by atoms with E-state index in [2.05, 4.69) is 31.2 Å². The first-order valence-corrected chi connectivity index (χ1v) is 7.22. The van der Waals surface area contributed by atoms with Crippen molar-refractivity contribution < 1.29 is 4.79 Å². The molecule has 0 bridgehead atoms. The molecule has 20 heavy (non-hydrogen) atoms. The summed E-state index contributed by atoms with van der Waals surface area (Å²) in [5.41, 5.74) is 4.34. The number of aryl methyl sites for hydroxylation is 1. The number of nitrogen functional groups attached to an aromatic ring is 1. The molecular formula is C15H24N4O. The molecule has 0 unspecified atom stereocenters. The molecule has 5 heteroatoms. The van der Waals surface area contributed by atoms with Gasteiger partial charge < -0.3 is 10.3 Å². The largest absolute Gasteiger partial charge is 0.338 e. The standard InChI is InChI=1S/C15H24N4O/c1-4-5-12-8-11(9-13(17-12)18-16)14(20)19-7-6-15(2,3)10-19/h8-9H,4-7,10,16H2,1-3H3,(H,17,18). The second-order valence-corrected chi connectivity index (χ2v) is 6.27. The molecule has 0 aromatic carbocycles. The Morgan fingerprint density at radius 2 is 2.25 bits per heavy atom. The minimum Gasteiger partial charge on any atom is -0.338 e. The lowest BCUT2D eigenvalue weighted by Crippen LogP contribution is -2.30. The monoisotopic (exact) mass is 276 g/mol. The highest BCUT2D eigenvalue weighted by Crippen LogP contribution is 2.30. The van der Waals surface area contributed by atoms with Gasteiger partial charge in [0.1, 0.15) is 5.82 Å². The van der Waals surface area contributed by atoms with Crippen LogP contribution in [0.4, 0.5) is 5.82 Å². The van der Waals surface area contributed by atoms with Crippen LogP contribution in [0, 0.1) is 5.41 Å². The molecule has 0 saturated carbocycles. The minimum atomic E-state index is 0.0758. The van der Waals surface area contributed by atoms with Crippen LogP contribution in [0.5, 0.6) is 0 Å². The van der Waals surface area contributed by atoms with Crippen LogP contribution in [0.2, 0.25) is 0 Å². The van der Waals surface area contributed by atoms with Crippen molar-refractivity contribution in [1.29, 1.82) is 0 Å². The Kier molecular flexibility index (Phi) is 4.28. The van der Waals surface area contributed by atoms with Gasteiger partial charge in [-0.05, 0) is 30.4 Å². The van der Waals surface area contributed by atoms with Gasteiger partial charge in [0.05, 0.1) is 0 Å². The molecule has 1 aromatic rings. The Bertz CT molecular complexity index is 499. The second kappa shape index (κ2) is 5.79. The molecule has 3 N–H and O–H groups in total. The molecule has 1 aromatic heterocycles. The van der Waals surface area contributed by atoms with Gasteiger partial charge in [-0.15, -0.1) is 0 Å². The molecule has 0 atom stereocenters. The number of aromatic nitrogens is 1. The maximum absolute atomic E-state index is 12.6. The quantitative estimate of drug-likeness (QED) is 0.653. The molecule has 1 aliphatic heterocycles. The predicted molar refractivity (Wildman–Crippen MR) is 80.3 cm³/mol. The smallest absolute Gasteiger partial charge is 0.254 e. The van der Waals surface area contributed by atoms with Gasteiger partial charge in [-0.2, -0.15) is 0 Å². The number of amides is 1. The number of pyridine rings is 1. The fourth-order valence-electron chi connectivity index (χ4n) is 2.64. The SMILES string of the molecule is CCCc1cc(C(=O)N2CCC(C)(C)C2)cc(NN)n1. The average molecular weight is 276 g/mol. The second-order valence-electron chi connectivity index (χ2n) is 6.27. The van der Waals surface area contributed by atoms with Crippen molar-refractivity contribution in [3.8, 4) is 0 Å². The topological polar surface area (TPSA) is 71.2 Å². The van der Waals surface area contributed by atoms with E-state index in [-0.39, 0.29) is 11.3 Å². The Hall–Kier alpha value is -1.62. The number of anilines is 1. The van der Waals surface area contributed by atoms with Crippen molar-refractivity contribution in [3.05, 3.63) is 23.4 Å². The van der Waals surface area contributed by atoms with Crippen LogP contribution in [-0.2, 0) is 6.42 Å². The summed E-state index contributed by atoms with van der Waals surface area (Å²) < 4.78 is 0. The normalized spacial score (nSPS) is 17.3. The number of carbonyl (C=O) groups excluding carboxylic acids is 1. The highest BCUT2D eigenvalue weighted by molar-refractivity contribution is 5.95. The van der Waals surface area contributed by atoms with Crippen LogP contribution in [0.15, 0.2) is 12.1 Å². The molecule has 0 aliphatic carbocycles. The van der Waals surface area contributed by atoms with Gasteiger partial charge in [0.2, 0.25) is 0 Å². The van der Waals surface area contributed by atoms with Crippen LogP contribution >= 0.6 is 0 Å². The number of nitrogens with two attached hydrogens (primary N) is 1.